The average Bonchev–Trinajstić information content (AvgIpc) is 3.28. The number of carbonyl (C=O) groups is 1. The van der Waals surface area contributed by atoms with E-state index in [0.29, 0.717) is 23.5 Å². The van der Waals surface area contributed by atoms with Gasteiger partial charge in [-0.15, -0.1) is 0 Å². The average molecular weight is 485 g/mol. The van der Waals surface area contributed by atoms with Crippen LogP contribution in [-0.4, -0.2) is 25.8 Å². The van der Waals surface area contributed by atoms with Crippen molar-refractivity contribution < 1.29 is 4.79 Å². The van der Waals surface area contributed by atoms with Gasteiger partial charge in [-0.25, -0.2) is 9.78 Å². The molecular formula is C28H32N6O2. The number of amides is 2. The van der Waals surface area contributed by atoms with E-state index in [1.54, 1.807) is 6.92 Å². The van der Waals surface area contributed by atoms with Crippen LogP contribution in [0.1, 0.15) is 61.8 Å². The maximum absolute atomic E-state index is 13.3. The van der Waals surface area contributed by atoms with Gasteiger partial charge in [0.2, 0.25) is 5.95 Å². The molecule has 0 aliphatic rings. The number of nitrogens with zero attached hydrogens (tertiary/aromatic N) is 3. The Hall–Kier alpha value is -4.20. The zero-order chi connectivity index (χ0) is 25.9. The number of H-pyrrole nitrogens is 1. The van der Waals surface area contributed by atoms with Crippen LogP contribution < -0.4 is 16.2 Å². The van der Waals surface area contributed by atoms with Gasteiger partial charge in [0, 0.05) is 22.7 Å². The van der Waals surface area contributed by atoms with Crippen molar-refractivity contribution in [2.75, 3.05) is 5.32 Å². The van der Waals surface area contributed by atoms with E-state index >= 15 is 0 Å². The van der Waals surface area contributed by atoms with Crippen molar-refractivity contribution in [3.8, 4) is 5.95 Å². The second kappa shape index (κ2) is 10.2. The molecule has 0 spiro atoms. The van der Waals surface area contributed by atoms with Crippen LogP contribution in [-0.2, 0) is 11.8 Å². The molecule has 2 amide bonds. The van der Waals surface area contributed by atoms with Gasteiger partial charge in [0.15, 0.2) is 0 Å². The van der Waals surface area contributed by atoms with Gasteiger partial charge < -0.3 is 5.32 Å². The number of aromatic nitrogens is 4. The Balaban J connectivity index is 1.69. The zero-order valence-electron chi connectivity index (χ0n) is 21.3. The summed E-state index contributed by atoms with van der Waals surface area (Å²) < 4.78 is 1.48. The number of nitrogens with one attached hydrogen (secondary N) is 3. The van der Waals surface area contributed by atoms with E-state index in [1.807, 2.05) is 94.4 Å². The van der Waals surface area contributed by atoms with E-state index in [9.17, 15) is 9.59 Å². The highest BCUT2D eigenvalue weighted by Gasteiger charge is 2.24. The van der Waals surface area contributed by atoms with E-state index in [4.69, 9.17) is 0 Å². The Labute approximate surface area is 210 Å². The van der Waals surface area contributed by atoms with Crippen molar-refractivity contribution in [2.45, 2.75) is 52.5 Å². The summed E-state index contributed by atoms with van der Waals surface area (Å²) >= 11 is 0. The molecule has 36 heavy (non-hydrogen) atoms. The van der Waals surface area contributed by atoms with Crippen LogP contribution in [0.2, 0.25) is 0 Å². The third-order valence-electron chi connectivity index (χ3n) is 6.02. The summed E-state index contributed by atoms with van der Waals surface area (Å²) in [6, 6.07) is 20.6. The quantitative estimate of drug-likeness (QED) is 0.357. The number of anilines is 1. The van der Waals surface area contributed by atoms with E-state index in [-0.39, 0.29) is 23.0 Å². The summed E-state index contributed by atoms with van der Waals surface area (Å²) in [7, 11) is 0. The fourth-order valence-corrected chi connectivity index (χ4v) is 4.04. The monoisotopic (exact) mass is 484 g/mol. The molecule has 8 heteroatoms. The molecule has 4 aromatic rings. The number of benzene rings is 2. The van der Waals surface area contributed by atoms with Gasteiger partial charge in [0.1, 0.15) is 5.82 Å². The molecule has 0 unspecified atom stereocenters. The highest BCUT2D eigenvalue weighted by Crippen LogP contribution is 2.26. The van der Waals surface area contributed by atoms with E-state index in [2.05, 4.69) is 25.7 Å². The molecule has 0 bridgehead atoms. The number of aromatic amines is 1. The second-order valence-electron chi connectivity index (χ2n) is 9.74. The van der Waals surface area contributed by atoms with Crippen LogP contribution in [0.25, 0.3) is 5.95 Å². The standard InChI is InChI=1S/C28H32N6O2/c1-6-21-18(2)29-26(32-25(21)35)34-23(17-22(33-34)28(3,4)5)30-27(36)31-24(19-13-9-7-10-14-19)20-15-11-8-12-16-20/h7-17,24H,6H2,1-5H3,(H,29,32,35)(H2,30,31,36). The van der Waals surface area contributed by atoms with Crippen LogP contribution in [0.15, 0.2) is 71.5 Å². The van der Waals surface area contributed by atoms with Crippen molar-refractivity contribution in [3.63, 3.8) is 0 Å². The molecule has 3 N–H and O–H groups in total. The molecule has 4 rings (SSSR count). The van der Waals surface area contributed by atoms with Crippen molar-refractivity contribution in [1.82, 2.24) is 25.1 Å². The lowest BCUT2D eigenvalue weighted by Crippen LogP contribution is -2.34. The van der Waals surface area contributed by atoms with Gasteiger partial charge in [-0.1, -0.05) is 88.4 Å². The summed E-state index contributed by atoms with van der Waals surface area (Å²) in [5.74, 6) is 0.660. The van der Waals surface area contributed by atoms with Gasteiger partial charge in [-0.05, 0) is 24.5 Å². The van der Waals surface area contributed by atoms with Crippen LogP contribution >= 0.6 is 0 Å². The fraction of sp³-hybridized carbons (Fsp3) is 0.286. The molecule has 0 atom stereocenters. The number of aryl methyl sites for hydroxylation is 1. The largest absolute Gasteiger partial charge is 0.327 e. The lowest BCUT2D eigenvalue weighted by molar-refractivity contribution is 0.250. The molecular weight excluding hydrogens is 452 g/mol. The molecule has 0 radical (unpaired) electrons. The normalized spacial score (nSPS) is 11.5. The number of urea groups is 1. The molecule has 186 valence electrons. The summed E-state index contributed by atoms with van der Waals surface area (Å²) in [6.07, 6.45) is 0.578. The molecule has 2 aromatic heterocycles. The first-order valence-electron chi connectivity index (χ1n) is 12.1. The molecule has 2 aromatic carbocycles. The van der Waals surface area contributed by atoms with Gasteiger partial charge in [0.25, 0.3) is 5.56 Å². The number of hydrogen-bond donors (Lipinski definition) is 3. The molecule has 2 heterocycles. The van der Waals surface area contributed by atoms with Crippen molar-refractivity contribution in [2.24, 2.45) is 0 Å². The number of carbonyl (C=O) groups excluding carboxylic acids is 1. The number of hydrogen-bond acceptors (Lipinski definition) is 4. The topological polar surface area (TPSA) is 105 Å². The van der Waals surface area contributed by atoms with Crippen molar-refractivity contribution in [1.29, 1.82) is 0 Å². The SMILES string of the molecule is CCc1c(C)nc(-n2nc(C(C)(C)C)cc2NC(=O)NC(c2ccccc2)c2ccccc2)[nH]c1=O. The molecule has 0 saturated heterocycles. The van der Waals surface area contributed by atoms with E-state index in [1.165, 1.54) is 4.68 Å². The number of rotatable bonds is 6. The van der Waals surface area contributed by atoms with Crippen molar-refractivity contribution in [3.05, 3.63) is 105 Å². The Kier molecular flexibility index (Phi) is 7.05. The Morgan fingerprint density at radius 3 is 2.11 bits per heavy atom. The van der Waals surface area contributed by atoms with E-state index in [0.717, 1.165) is 16.8 Å². The van der Waals surface area contributed by atoms with Crippen LogP contribution in [0.4, 0.5) is 10.6 Å². The van der Waals surface area contributed by atoms with Crippen LogP contribution in [0, 0.1) is 6.92 Å². The third kappa shape index (κ3) is 5.38. The second-order valence-corrected chi connectivity index (χ2v) is 9.74. The Morgan fingerprint density at radius 1 is 1.03 bits per heavy atom. The maximum atomic E-state index is 13.3. The minimum Gasteiger partial charge on any atom is -0.327 e. The summed E-state index contributed by atoms with van der Waals surface area (Å²) in [5, 5.41) is 10.7. The summed E-state index contributed by atoms with van der Waals surface area (Å²) in [6.45, 7) is 9.82. The highest BCUT2D eigenvalue weighted by molar-refractivity contribution is 5.89. The fourth-order valence-electron chi connectivity index (χ4n) is 4.04. The zero-order valence-corrected chi connectivity index (χ0v) is 21.3. The van der Waals surface area contributed by atoms with Crippen LogP contribution in [0.3, 0.4) is 0 Å². The smallest absolute Gasteiger partial charge is 0.321 e. The summed E-state index contributed by atoms with van der Waals surface area (Å²) in [5.41, 5.74) is 3.43. The minimum absolute atomic E-state index is 0.212. The minimum atomic E-state index is -0.404. The van der Waals surface area contributed by atoms with Crippen LogP contribution in [0.5, 0.6) is 0 Å². The molecule has 0 saturated carbocycles. The van der Waals surface area contributed by atoms with Gasteiger partial charge in [-0.2, -0.15) is 9.78 Å². The third-order valence-corrected chi connectivity index (χ3v) is 6.02. The predicted octanol–water partition coefficient (Wildman–Crippen LogP) is 5.04. The van der Waals surface area contributed by atoms with Gasteiger partial charge in [0.05, 0.1) is 11.7 Å². The molecule has 8 nitrogen and oxygen atoms in total. The first kappa shape index (κ1) is 24.9. The van der Waals surface area contributed by atoms with Gasteiger partial charge >= 0.3 is 6.03 Å². The predicted molar refractivity (Wildman–Crippen MR) is 142 cm³/mol. The first-order chi connectivity index (χ1) is 17.2. The summed E-state index contributed by atoms with van der Waals surface area (Å²) in [4.78, 5) is 33.3. The lowest BCUT2D eigenvalue weighted by atomic mass is 9.92. The van der Waals surface area contributed by atoms with E-state index < -0.39 is 6.03 Å². The highest BCUT2D eigenvalue weighted by atomic mass is 16.2. The first-order valence-corrected chi connectivity index (χ1v) is 12.1. The molecule has 0 fully saturated rings. The molecule has 0 aliphatic carbocycles. The lowest BCUT2D eigenvalue weighted by Gasteiger charge is -2.20. The van der Waals surface area contributed by atoms with Crippen molar-refractivity contribution >= 4 is 11.8 Å². The Morgan fingerprint density at radius 2 is 1.61 bits per heavy atom. The van der Waals surface area contributed by atoms with Gasteiger partial charge in [-0.3, -0.25) is 15.1 Å². The molecule has 0 aliphatic heterocycles. The Bertz CT molecular complexity index is 1360. The maximum Gasteiger partial charge on any atom is 0.321 e.